The van der Waals surface area contributed by atoms with Gasteiger partial charge in [-0.2, -0.15) is 0 Å². The molecule has 0 spiro atoms. The van der Waals surface area contributed by atoms with E-state index in [1.807, 2.05) is 0 Å². The standard InChI is InChI=1S/C24H40O4/c1-23(13-7-3-8-14-23)17-27-21(25)19-11-5-6-12-20(19)22(26)28-18-24(2)15-9-4-10-16-24/h19-20H,3-18H2,1-2H3. The van der Waals surface area contributed by atoms with Crippen LogP contribution in [-0.4, -0.2) is 25.2 Å². The first kappa shape index (κ1) is 21.6. The van der Waals surface area contributed by atoms with Gasteiger partial charge in [0.25, 0.3) is 0 Å². The molecule has 0 bridgehead atoms. The minimum Gasteiger partial charge on any atom is -0.465 e. The third kappa shape index (κ3) is 5.73. The largest absolute Gasteiger partial charge is 0.465 e. The summed E-state index contributed by atoms with van der Waals surface area (Å²) < 4.78 is 11.5. The summed E-state index contributed by atoms with van der Waals surface area (Å²) in [5.74, 6) is -0.963. The Hall–Kier alpha value is -1.06. The second-order valence-electron chi connectivity index (χ2n) is 10.5. The number of rotatable bonds is 6. The van der Waals surface area contributed by atoms with Gasteiger partial charge in [0.2, 0.25) is 0 Å². The summed E-state index contributed by atoms with van der Waals surface area (Å²) >= 11 is 0. The van der Waals surface area contributed by atoms with E-state index in [4.69, 9.17) is 9.47 Å². The first-order chi connectivity index (χ1) is 13.4. The summed E-state index contributed by atoms with van der Waals surface area (Å²) in [5, 5.41) is 0. The van der Waals surface area contributed by atoms with E-state index in [1.54, 1.807) is 0 Å². The predicted molar refractivity (Wildman–Crippen MR) is 110 cm³/mol. The van der Waals surface area contributed by atoms with Crippen LogP contribution in [0.25, 0.3) is 0 Å². The van der Waals surface area contributed by atoms with Crippen LogP contribution in [0.5, 0.6) is 0 Å². The summed E-state index contributed by atoms with van der Waals surface area (Å²) in [6.45, 7) is 5.47. The van der Waals surface area contributed by atoms with Crippen molar-refractivity contribution in [1.82, 2.24) is 0 Å². The number of hydrogen-bond acceptors (Lipinski definition) is 4. The summed E-state index contributed by atoms with van der Waals surface area (Å²) in [5.41, 5.74) is 0.238. The van der Waals surface area contributed by atoms with Crippen LogP contribution < -0.4 is 0 Å². The second kappa shape index (κ2) is 9.63. The molecule has 160 valence electrons. The lowest BCUT2D eigenvalue weighted by atomic mass is 9.76. The molecule has 4 nitrogen and oxygen atoms in total. The maximum Gasteiger partial charge on any atom is 0.309 e. The van der Waals surface area contributed by atoms with Crippen molar-refractivity contribution in [3.63, 3.8) is 0 Å². The van der Waals surface area contributed by atoms with E-state index in [0.717, 1.165) is 51.4 Å². The van der Waals surface area contributed by atoms with E-state index in [1.165, 1.54) is 38.5 Å². The van der Waals surface area contributed by atoms with Gasteiger partial charge >= 0.3 is 11.9 Å². The van der Waals surface area contributed by atoms with Gasteiger partial charge in [0.15, 0.2) is 0 Å². The molecular formula is C24H40O4. The molecule has 0 amide bonds. The van der Waals surface area contributed by atoms with Crippen LogP contribution >= 0.6 is 0 Å². The Labute approximate surface area is 171 Å². The van der Waals surface area contributed by atoms with E-state index < -0.39 is 0 Å². The average Bonchev–Trinajstić information content (AvgIpc) is 2.71. The molecule has 2 unspecified atom stereocenters. The molecule has 3 aliphatic carbocycles. The van der Waals surface area contributed by atoms with E-state index in [-0.39, 0.29) is 34.6 Å². The number of esters is 2. The van der Waals surface area contributed by atoms with Gasteiger partial charge in [-0.1, -0.05) is 65.2 Å². The van der Waals surface area contributed by atoms with Crippen molar-refractivity contribution in [2.24, 2.45) is 22.7 Å². The van der Waals surface area contributed by atoms with Crippen molar-refractivity contribution >= 4 is 11.9 Å². The molecule has 0 aromatic rings. The maximum absolute atomic E-state index is 12.8. The van der Waals surface area contributed by atoms with Crippen molar-refractivity contribution in [2.75, 3.05) is 13.2 Å². The van der Waals surface area contributed by atoms with Crippen LogP contribution in [0.4, 0.5) is 0 Å². The van der Waals surface area contributed by atoms with Crippen LogP contribution in [0.3, 0.4) is 0 Å². The predicted octanol–water partition coefficient (Wildman–Crippen LogP) is 5.82. The van der Waals surface area contributed by atoms with Gasteiger partial charge in [-0.15, -0.1) is 0 Å². The maximum atomic E-state index is 12.8. The lowest BCUT2D eigenvalue weighted by Gasteiger charge is -2.35. The molecule has 3 saturated carbocycles. The van der Waals surface area contributed by atoms with Crippen molar-refractivity contribution in [2.45, 2.75) is 104 Å². The highest BCUT2D eigenvalue weighted by atomic mass is 16.5. The molecule has 0 aromatic carbocycles. The Morgan fingerprint density at radius 1 is 0.643 bits per heavy atom. The van der Waals surface area contributed by atoms with Gasteiger partial charge in [0.1, 0.15) is 0 Å². The summed E-state index contributed by atoms with van der Waals surface area (Å²) in [6.07, 6.45) is 15.5. The first-order valence-electron chi connectivity index (χ1n) is 11.7. The second-order valence-corrected chi connectivity index (χ2v) is 10.5. The molecule has 3 fully saturated rings. The number of carbonyl (C=O) groups is 2. The summed E-state index contributed by atoms with van der Waals surface area (Å²) in [4.78, 5) is 25.7. The highest BCUT2D eigenvalue weighted by Gasteiger charge is 2.40. The lowest BCUT2D eigenvalue weighted by molar-refractivity contribution is -0.167. The van der Waals surface area contributed by atoms with E-state index >= 15 is 0 Å². The third-order valence-corrected chi connectivity index (χ3v) is 7.62. The van der Waals surface area contributed by atoms with Crippen molar-refractivity contribution in [3.05, 3.63) is 0 Å². The summed E-state index contributed by atoms with van der Waals surface area (Å²) in [7, 11) is 0. The Morgan fingerprint density at radius 3 is 1.36 bits per heavy atom. The molecule has 0 saturated heterocycles. The SMILES string of the molecule is CC1(COC(=O)C2CCCCC2C(=O)OCC2(C)CCCCC2)CCCCC1. The van der Waals surface area contributed by atoms with Gasteiger partial charge < -0.3 is 9.47 Å². The third-order valence-electron chi connectivity index (χ3n) is 7.62. The van der Waals surface area contributed by atoms with Crippen molar-refractivity contribution in [1.29, 1.82) is 0 Å². The zero-order valence-electron chi connectivity index (χ0n) is 18.1. The van der Waals surface area contributed by atoms with Crippen LogP contribution in [-0.2, 0) is 19.1 Å². The average molecular weight is 393 g/mol. The molecule has 4 heteroatoms. The fourth-order valence-electron chi connectivity index (χ4n) is 5.50. The van der Waals surface area contributed by atoms with E-state index in [2.05, 4.69) is 13.8 Å². The van der Waals surface area contributed by atoms with Crippen LogP contribution in [0.15, 0.2) is 0 Å². The number of hydrogen-bond donors (Lipinski definition) is 0. The minimum atomic E-state index is -0.312. The van der Waals surface area contributed by atoms with Gasteiger partial charge in [-0.05, 0) is 38.5 Å². The van der Waals surface area contributed by atoms with Crippen molar-refractivity contribution < 1.29 is 19.1 Å². The van der Waals surface area contributed by atoms with Gasteiger partial charge in [-0.25, -0.2) is 0 Å². The minimum absolute atomic E-state index is 0.119. The van der Waals surface area contributed by atoms with E-state index in [0.29, 0.717) is 13.2 Å². The molecule has 28 heavy (non-hydrogen) atoms. The van der Waals surface area contributed by atoms with Crippen LogP contribution in [0.1, 0.15) is 104 Å². The molecule has 0 aliphatic heterocycles. The first-order valence-corrected chi connectivity index (χ1v) is 11.7. The molecule has 0 aromatic heterocycles. The fourth-order valence-corrected chi connectivity index (χ4v) is 5.50. The van der Waals surface area contributed by atoms with E-state index in [9.17, 15) is 9.59 Å². The highest BCUT2D eigenvalue weighted by Crippen LogP contribution is 2.39. The van der Waals surface area contributed by atoms with Crippen molar-refractivity contribution in [3.8, 4) is 0 Å². The fraction of sp³-hybridized carbons (Fsp3) is 0.917. The molecule has 0 heterocycles. The Kier molecular flexibility index (Phi) is 7.44. The molecular weight excluding hydrogens is 352 g/mol. The molecule has 3 rings (SSSR count). The smallest absolute Gasteiger partial charge is 0.309 e. The quantitative estimate of drug-likeness (QED) is 0.534. The number of carbonyl (C=O) groups excluding carboxylic acids is 2. The lowest BCUT2D eigenvalue weighted by Crippen LogP contribution is -2.38. The van der Waals surface area contributed by atoms with Gasteiger partial charge in [0, 0.05) is 10.8 Å². The molecule has 3 aliphatic rings. The topological polar surface area (TPSA) is 52.6 Å². The van der Waals surface area contributed by atoms with Crippen LogP contribution in [0, 0.1) is 22.7 Å². The summed E-state index contributed by atoms with van der Waals surface area (Å²) in [6, 6.07) is 0. The van der Waals surface area contributed by atoms with Crippen LogP contribution in [0.2, 0.25) is 0 Å². The number of ether oxygens (including phenoxy) is 2. The monoisotopic (exact) mass is 392 g/mol. The molecule has 0 radical (unpaired) electrons. The van der Waals surface area contributed by atoms with Gasteiger partial charge in [0.05, 0.1) is 25.0 Å². The highest BCUT2D eigenvalue weighted by molar-refractivity contribution is 5.82. The Bertz CT molecular complexity index is 481. The zero-order valence-corrected chi connectivity index (χ0v) is 18.1. The molecule has 2 atom stereocenters. The zero-order chi connectivity index (χ0) is 20.0. The van der Waals surface area contributed by atoms with Gasteiger partial charge in [-0.3, -0.25) is 9.59 Å². The Morgan fingerprint density at radius 2 is 1.00 bits per heavy atom. The molecule has 0 N–H and O–H groups in total. The normalized spacial score (nSPS) is 29.6. The Balaban J connectivity index is 1.52.